The Balaban J connectivity index is 1.31. The number of nitrogens with zero attached hydrogens (tertiary/aromatic N) is 5. The van der Waals surface area contributed by atoms with Crippen molar-refractivity contribution in [3.8, 4) is 11.8 Å². The summed E-state index contributed by atoms with van der Waals surface area (Å²) in [4.78, 5) is 20.9. The van der Waals surface area contributed by atoms with Crippen LogP contribution >= 0.6 is 0 Å². The maximum absolute atomic E-state index is 14.6. The summed E-state index contributed by atoms with van der Waals surface area (Å²) in [7, 11) is 1.84. The summed E-state index contributed by atoms with van der Waals surface area (Å²) in [5, 5.41) is 10.1. The van der Waals surface area contributed by atoms with E-state index in [1.165, 1.54) is 16.8 Å². The van der Waals surface area contributed by atoms with Gasteiger partial charge in [-0.2, -0.15) is 18.3 Å². The first-order chi connectivity index (χ1) is 19.2. The van der Waals surface area contributed by atoms with Gasteiger partial charge in [0.2, 0.25) is 0 Å². The Morgan fingerprint density at radius 1 is 1.15 bits per heavy atom. The molecule has 2 aliphatic heterocycles. The van der Waals surface area contributed by atoms with Crippen molar-refractivity contribution < 1.29 is 22.4 Å². The lowest BCUT2D eigenvalue weighted by atomic mass is 10.0. The summed E-state index contributed by atoms with van der Waals surface area (Å²) in [6, 6.07) is 7.81. The Morgan fingerprint density at radius 3 is 2.65 bits per heavy atom. The van der Waals surface area contributed by atoms with E-state index in [1.54, 1.807) is 24.3 Å². The summed E-state index contributed by atoms with van der Waals surface area (Å²) in [5.41, 5.74) is 0.490. The molecule has 2 atom stereocenters. The van der Waals surface area contributed by atoms with Crippen LogP contribution in [0.15, 0.2) is 36.5 Å². The zero-order chi connectivity index (χ0) is 28.3. The molecule has 8 nitrogen and oxygen atoms in total. The molecule has 0 radical (unpaired) electrons. The number of pyridine rings is 2. The molecule has 2 N–H and O–H groups in total. The molecule has 5 heterocycles. The number of rotatable bonds is 6. The van der Waals surface area contributed by atoms with Gasteiger partial charge >= 0.3 is 6.18 Å². The summed E-state index contributed by atoms with van der Waals surface area (Å²) < 4.78 is 56.4. The van der Waals surface area contributed by atoms with Gasteiger partial charge in [-0.3, -0.25) is 4.79 Å². The number of halogens is 4. The van der Waals surface area contributed by atoms with Gasteiger partial charge in [0, 0.05) is 37.9 Å². The predicted molar refractivity (Wildman–Crippen MR) is 144 cm³/mol. The number of nitrogens with one attached hydrogen (secondary N) is 2. The number of anilines is 2. The Labute approximate surface area is 229 Å². The average molecular weight is 558 g/mol. The van der Waals surface area contributed by atoms with Crippen LogP contribution in [0.5, 0.6) is 0 Å². The second-order valence-corrected chi connectivity index (χ2v) is 10.2. The van der Waals surface area contributed by atoms with Crippen molar-refractivity contribution in [2.24, 2.45) is 0 Å². The first kappa shape index (κ1) is 27.7. The highest BCUT2D eigenvalue weighted by Gasteiger charge is 2.32. The Kier molecular flexibility index (Phi) is 8.12. The molecule has 3 aromatic rings. The van der Waals surface area contributed by atoms with Gasteiger partial charge in [0.15, 0.2) is 0 Å². The van der Waals surface area contributed by atoms with E-state index in [0.29, 0.717) is 24.3 Å². The number of piperidine rings is 1. The number of aromatic nitrogens is 3. The fraction of sp³-hybridized carbons (Fsp3) is 0.464. The SMILES string of the molecule is CN1CC[C@@H](Nc2cccc3c(CC(F)(F)F)c(C#CCNC(=O)c4ccc(N5CCCC5)nc4)nn23)[C@@H](F)C1. The van der Waals surface area contributed by atoms with Crippen molar-refractivity contribution >= 4 is 23.1 Å². The zero-order valence-corrected chi connectivity index (χ0v) is 22.1. The fourth-order valence-electron chi connectivity index (χ4n) is 5.12. The maximum atomic E-state index is 14.6. The number of hydrogen-bond donors (Lipinski definition) is 2. The largest absolute Gasteiger partial charge is 0.393 e. The minimum atomic E-state index is -4.48. The van der Waals surface area contributed by atoms with Crippen molar-refractivity contribution in [2.75, 3.05) is 50.0 Å². The smallest absolute Gasteiger partial charge is 0.364 e. The van der Waals surface area contributed by atoms with E-state index in [0.717, 1.165) is 31.7 Å². The quantitative estimate of drug-likeness (QED) is 0.356. The van der Waals surface area contributed by atoms with E-state index in [2.05, 4.69) is 37.5 Å². The molecule has 1 amide bonds. The van der Waals surface area contributed by atoms with Crippen LogP contribution in [-0.4, -0.2) is 83.6 Å². The van der Waals surface area contributed by atoms with Crippen molar-refractivity contribution in [1.82, 2.24) is 24.8 Å². The standard InChI is InChI=1S/C28H31F4N7O/c1-37-15-11-23(21(29)18-37)35-26-8-4-7-24-20(16-28(30,31)32)22(36-39(24)26)6-5-12-33-27(40)19-9-10-25(34-17-19)38-13-2-3-14-38/h4,7-10,17,21,23,35H,2-3,11-16,18H2,1H3,(H,33,40)/t21-,23+/m0/s1. The molecule has 5 rings (SSSR count). The van der Waals surface area contributed by atoms with Crippen LogP contribution in [0.4, 0.5) is 29.2 Å². The first-order valence-corrected chi connectivity index (χ1v) is 13.3. The van der Waals surface area contributed by atoms with E-state index in [9.17, 15) is 22.4 Å². The molecule has 0 spiro atoms. The van der Waals surface area contributed by atoms with Crippen LogP contribution in [0, 0.1) is 11.8 Å². The summed E-state index contributed by atoms with van der Waals surface area (Å²) in [6.45, 7) is 2.77. The third kappa shape index (κ3) is 6.47. The van der Waals surface area contributed by atoms with Gasteiger partial charge < -0.3 is 20.4 Å². The molecule has 0 unspecified atom stereocenters. The summed E-state index contributed by atoms with van der Waals surface area (Å²) in [5.74, 6) is 6.25. The zero-order valence-electron chi connectivity index (χ0n) is 22.1. The van der Waals surface area contributed by atoms with Gasteiger partial charge in [0.25, 0.3) is 5.91 Å². The second kappa shape index (κ2) is 11.7. The molecular weight excluding hydrogens is 526 g/mol. The molecule has 2 saturated heterocycles. The molecule has 0 bridgehead atoms. The van der Waals surface area contributed by atoms with Crippen molar-refractivity contribution in [3.63, 3.8) is 0 Å². The number of fused-ring (bicyclic) bond motifs is 1. The van der Waals surface area contributed by atoms with Crippen LogP contribution in [0.25, 0.3) is 5.52 Å². The third-order valence-corrected chi connectivity index (χ3v) is 7.20. The van der Waals surface area contributed by atoms with Crippen molar-refractivity contribution in [1.29, 1.82) is 0 Å². The van der Waals surface area contributed by atoms with Crippen LogP contribution in [0.1, 0.15) is 40.9 Å². The Morgan fingerprint density at radius 2 is 1.95 bits per heavy atom. The van der Waals surface area contributed by atoms with Crippen LogP contribution in [0.3, 0.4) is 0 Å². The van der Waals surface area contributed by atoms with E-state index < -0.39 is 24.8 Å². The van der Waals surface area contributed by atoms with Gasteiger partial charge in [-0.1, -0.05) is 12.0 Å². The van der Waals surface area contributed by atoms with Crippen molar-refractivity contribution in [2.45, 2.75) is 44.1 Å². The molecule has 12 heteroatoms. The maximum Gasteiger partial charge on any atom is 0.393 e. The molecule has 2 fully saturated rings. The molecule has 0 saturated carbocycles. The highest BCUT2D eigenvalue weighted by molar-refractivity contribution is 5.94. The second-order valence-electron chi connectivity index (χ2n) is 10.2. The molecule has 212 valence electrons. The number of hydrogen-bond acceptors (Lipinski definition) is 6. The third-order valence-electron chi connectivity index (χ3n) is 7.20. The van der Waals surface area contributed by atoms with E-state index >= 15 is 0 Å². The van der Waals surface area contributed by atoms with Gasteiger partial charge in [-0.25, -0.2) is 13.9 Å². The lowest BCUT2D eigenvalue weighted by molar-refractivity contribution is -0.127. The predicted octanol–water partition coefficient (Wildman–Crippen LogP) is 3.67. The normalized spacial score (nSPS) is 19.9. The highest BCUT2D eigenvalue weighted by atomic mass is 19.4. The number of carbonyl (C=O) groups excluding carboxylic acids is 1. The van der Waals surface area contributed by atoms with Crippen LogP contribution in [0.2, 0.25) is 0 Å². The van der Waals surface area contributed by atoms with E-state index in [-0.39, 0.29) is 35.8 Å². The molecular formula is C28H31F4N7O. The first-order valence-electron chi connectivity index (χ1n) is 13.3. The van der Waals surface area contributed by atoms with Crippen LogP contribution in [-0.2, 0) is 6.42 Å². The van der Waals surface area contributed by atoms with E-state index in [4.69, 9.17) is 0 Å². The van der Waals surface area contributed by atoms with Crippen molar-refractivity contribution in [3.05, 3.63) is 53.3 Å². The fourth-order valence-corrected chi connectivity index (χ4v) is 5.12. The molecule has 40 heavy (non-hydrogen) atoms. The molecule has 0 aliphatic carbocycles. The van der Waals surface area contributed by atoms with Gasteiger partial charge in [-0.05, 0) is 56.5 Å². The van der Waals surface area contributed by atoms with Gasteiger partial charge in [-0.15, -0.1) is 0 Å². The van der Waals surface area contributed by atoms with Gasteiger partial charge in [0.1, 0.15) is 23.5 Å². The average Bonchev–Trinajstić information content (AvgIpc) is 3.57. The lowest BCUT2D eigenvalue weighted by Gasteiger charge is -2.33. The molecule has 3 aromatic heterocycles. The van der Waals surface area contributed by atoms with Gasteiger partial charge in [0.05, 0.1) is 30.1 Å². The topological polar surface area (TPSA) is 77.8 Å². The van der Waals surface area contributed by atoms with E-state index in [1.807, 2.05) is 11.9 Å². The summed E-state index contributed by atoms with van der Waals surface area (Å²) in [6.07, 6.45) is -2.54. The van der Waals surface area contributed by atoms with Crippen LogP contribution < -0.4 is 15.5 Å². The number of alkyl halides is 4. The number of likely N-dealkylation sites (tertiary alicyclic amines) is 1. The Hall–Kier alpha value is -3.85. The minimum absolute atomic E-state index is 0.0439. The monoisotopic (exact) mass is 557 g/mol. The number of carbonyl (C=O) groups is 1. The molecule has 0 aromatic carbocycles. The Bertz CT molecular complexity index is 1400. The number of amides is 1. The lowest BCUT2D eigenvalue weighted by Crippen LogP contribution is -2.46. The minimum Gasteiger partial charge on any atom is -0.364 e. The highest BCUT2D eigenvalue weighted by Crippen LogP contribution is 2.29. The summed E-state index contributed by atoms with van der Waals surface area (Å²) >= 11 is 0. The molecule has 2 aliphatic rings.